The third kappa shape index (κ3) is 3.99. The van der Waals surface area contributed by atoms with E-state index in [0.29, 0.717) is 16.5 Å². The number of thioether (sulfide) groups is 1. The molecule has 7 nitrogen and oxygen atoms in total. The van der Waals surface area contributed by atoms with Crippen molar-refractivity contribution in [1.29, 1.82) is 0 Å². The second kappa shape index (κ2) is 8.72. The maximum atomic E-state index is 12.9. The van der Waals surface area contributed by atoms with Gasteiger partial charge in [-0.3, -0.25) is 19.3 Å². The number of carbonyl (C=O) groups excluding carboxylic acids is 3. The number of para-hydroxylation sites is 1. The third-order valence-electron chi connectivity index (χ3n) is 5.33. The van der Waals surface area contributed by atoms with Crippen LogP contribution in [0.3, 0.4) is 0 Å². The summed E-state index contributed by atoms with van der Waals surface area (Å²) in [6, 6.07) is 12.6. The Bertz CT molecular complexity index is 1300. The summed E-state index contributed by atoms with van der Waals surface area (Å²) in [6.07, 6.45) is 1.73. The molecular weight excluding hydrogens is 450 g/mol. The topological polar surface area (TPSA) is 80.6 Å². The third-order valence-corrected chi connectivity index (χ3v) is 6.54. The van der Waals surface area contributed by atoms with E-state index in [1.165, 1.54) is 13.2 Å². The van der Waals surface area contributed by atoms with Crippen molar-refractivity contribution in [2.24, 2.45) is 7.05 Å². The largest absolute Gasteiger partial charge is 0.495 e. The predicted molar refractivity (Wildman–Crippen MR) is 127 cm³/mol. The summed E-state index contributed by atoms with van der Waals surface area (Å²) in [7, 11) is 3.45. The maximum absolute atomic E-state index is 12.9. The van der Waals surface area contributed by atoms with E-state index in [0.717, 1.165) is 38.8 Å². The van der Waals surface area contributed by atoms with E-state index in [4.69, 9.17) is 16.3 Å². The minimum Gasteiger partial charge on any atom is -0.495 e. The van der Waals surface area contributed by atoms with Crippen molar-refractivity contribution in [2.75, 3.05) is 19.0 Å². The van der Waals surface area contributed by atoms with Crippen LogP contribution in [-0.4, -0.2) is 40.2 Å². The van der Waals surface area contributed by atoms with Gasteiger partial charge in [0.25, 0.3) is 11.1 Å². The van der Waals surface area contributed by atoms with Gasteiger partial charge in [-0.25, -0.2) is 0 Å². The number of aryl methyl sites for hydroxylation is 1. The van der Waals surface area contributed by atoms with Gasteiger partial charge in [0.2, 0.25) is 5.91 Å². The van der Waals surface area contributed by atoms with E-state index < -0.39 is 17.1 Å². The van der Waals surface area contributed by atoms with Crippen LogP contribution in [0.25, 0.3) is 17.0 Å². The van der Waals surface area contributed by atoms with Crippen LogP contribution < -0.4 is 10.1 Å². The van der Waals surface area contributed by atoms with Crippen LogP contribution >= 0.6 is 23.4 Å². The summed E-state index contributed by atoms with van der Waals surface area (Å²) in [4.78, 5) is 39.0. The zero-order chi connectivity index (χ0) is 23.0. The number of hydrogen-bond donors (Lipinski definition) is 1. The van der Waals surface area contributed by atoms with E-state index in [2.05, 4.69) is 5.32 Å². The summed E-state index contributed by atoms with van der Waals surface area (Å²) < 4.78 is 7.13. The SMILES string of the molecule is COc1ccc(NC(=O)CN2C(=O)SC(=Cc3c(C)n(C)c4ccccc34)C2=O)cc1Cl. The molecule has 9 heteroatoms. The summed E-state index contributed by atoms with van der Waals surface area (Å²) >= 11 is 6.90. The van der Waals surface area contributed by atoms with Crippen molar-refractivity contribution < 1.29 is 19.1 Å². The van der Waals surface area contributed by atoms with Crippen molar-refractivity contribution in [3.63, 3.8) is 0 Å². The number of methoxy groups -OCH3 is 1. The molecule has 0 bridgehead atoms. The number of nitrogens with zero attached hydrogens (tertiary/aromatic N) is 2. The van der Waals surface area contributed by atoms with Crippen molar-refractivity contribution >= 4 is 63.1 Å². The van der Waals surface area contributed by atoms with Gasteiger partial charge in [-0.1, -0.05) is 29.8 Å². The minimum atomic E-state index is -0.504. The van der Waals surface area contributed by atoms with E-state index in [1.807, 2.05) is 42.8 Å². The zero-order valence-corrected chi connectivity index (χ0v) is 19.2. The lowest BCUT2D eigenvalue weighted by atomic mass is 10.1. The Kier molecular flexibility index (Phi) is 5.99. The van der Waals surface area contributed by atoms with Gasteiger partial charge in [0.15, 0.2) is 0 Å². The molecule has 32 heavy (non-hydrogen) atoms. The molecule has 1 saturated heterocycles. The molecule has 3 aromatic rings. The molecule has 0 radical (unpaired) electrons. The fourth-order valence-corrected chi connectivity index (χ4v) is 4.67. The average Bonchev–Trinajstić information content (AvgIpc) is 3.17. The highest BCUT2D eigenvalue weighted by molar-refractivity contribution is 8.18. The first-order chi connectivity index (χ1) is 15.3. The first-order valence-electron chi connectivity index (χ1n) is 9.73. The van der Waals surface area contributed by atoms with Crippen LogP contribution in [0.15, 0.2) is 47.4 Å². The molecule has 4 rings (SSSR count). The molecule has 0 atom stereocenters. The fourth-order valence-electron chi connectivity index (χ4n) is 3.59. The highest BCUT2D eigenvalue weighted by Crippen LogP contribution is 2.35. The number of fused-ring (bicyclic) bond motifs is 1. The molecule has 0 saturated carbocycles. The number of imide groups is 1. The molecule has 1 aliphatic rings. The van der Waals surface area contributed by atoms with Crippen LogP contribution in [-0.2, 0) is 16.6 Å². The predicted octanol–water partition coefficient (Wildman–Crippen LogP) is 4.82. The number of carbonyl (C=O) groups is 3. The first-order valence-corrected chi connectivity index (χ1v) is 10.9. The zero-order valence-electron chi connectivity index (χ0n) is 17.6. The lowest BCUT2D eigenvalue weighted by Gasteiger charge is -2.13. The van der Waals surface area contributed by atoms with Gasteiger partial charge in [0.1, 0.15) is 12.3 Å². The van der Waals surface area contributed by atoms with Gasteiger partial charge >= 0.3 is 0 Å². The van der Waals surface area contributed by atoms with Gasteiger partial charge in [0.05, 0.1) is 17.0 Å². The highest BCUT2D eigenvalue weighted by Gasteiger charge is 2.36. The molecule has 0 aliphatic carbocycles. The van der Waals surface area contributed by atoms with Crippen LogP contribution in [0.4, 0.5) is 10.5 Å². The summed E-state index contributed by atoms with van der Waals surface area (Å²) in [5.74, 6) is -0.518. The summed E-state index contributed by atoms with van der Waals surface area (Å²) in [5, 5.41) is 3.49. The van der Waals surface area contributed by atoms with Crippen LogP contribution in [0.5, 0.6) is 5.75 Å². The van der Waals surface area contributed by atoms with Crippen molar-refractivity contribution in [3.8, 4) is 5.75 Å². The lowest BCUT2D eigenvalue weighted by molar-refractivity contribution is -0.127. The Labute approximate surface area is 194 Å². The number of hydrogen-bond acceptors (Lipinski definition) is 5. The Morgan fingerprint density at radius 2 is 1.97 bits per heavy atom. The van der Waals surface area contributed by atoms with E-state index in [9.17, 15) is 14.4 Å². The second-order valence-electron chi connectivity index (χ2n) is 7.24. The maximum Gasteiger partial charge on any atom is 0.294 e. The van der Waals surface area contributed by atoms with Crippen molar-refractivity contribution in [2.45, 2.75) is 6.92 Å². The molecule has 1 aliphatic heterocycles. The fraction of sp³-hybridized carbons (Fsp3) is 0.174. The van der Waals surface area contributed by atoms with Crippen LogP contribution in [0, 0.1) is 6.92 Å². The molecule has 164 valence electrons. The van der Waals surface area contributed by atoms with E-state index in [1.54, 1.807) is 18.2 Å². The smallest absolute Gasteiger partial charge is 0.294 e. The average molecular weight is 470 g/mol. The number of halogens is 1. The standard InChI is InChI=1S/C23H20ClN3O4S/c1-13-16(15-6-4-5-7-18(15)26(13)2)11-20-22(29)27(23(30)32-20)12-21(28)25-14-8-9-19(31-3)17(24)10-14/h4-11H,12H2,1-3H3,(H,25,28). The van der Waals surface area contributed by atoms with Gasteiger partial charge in [-0.2, -0.15) is 0 Å². The Hall–Kier alpha value is -3.23. The van der Waals surface area contributed by atoms with Crippen LogP contribution in [0.2, 0.25) is 5.02 Å². The molecule has 2 heterocycles. The number of benzene rings is 2. The van der Waals surface area contributed by atoms with E-state index >= 15 is 0 Å². The number of rotatable bonds is 5. The summed E-state index contributed by atoms with van der Waals surface area (Å²) in [6.45, 7) is 1.57. The van der Waals surface area contributed by atoms with Crippen molar-refractivity contribution in [3.05, 3.63) is 63.6 Å². The van der Waals surface area contributed by atoms with Gasteiger partial charge in [-0.05, 0) is 49.0 Å². The number of anilines is 1. The lowest BCUT2D eigenvalue weighted by Crippen LogP contribution is -2.36. The Morgan fingerprint density at radius 3 is 2.69 bits per heavy atom. The van der Waals surface area contributed by atoms with Crippen LogP contribution in [0.1, 0.15) is 11.3 Å². The number of amides is 3. The highest BCUT2D eigenvalue weighted by atomic mass is 35.5. The number of aromatic nitrogens is 1. The van der Waals surface area contributed by atoms with Gasteiger partial charge in [0, 0.05) is 34.9 Å². The molecule has 3 amide bonds. The molecule has 1 aromatic heterocycles. The minimum absolute atomic E-state index is 0.287. The van der Waals surface area contributed by atoms with Gasteiger partial charge in [-0.15, -0.1) is 0 Å². The van der Waals surface area contributed by atoms with Crippen molar-refractivity contribution in [1.82, 2.24) is 9.47 Å². The molecule has 0 spiro atoms. The molecule has 1 N–H and O–H groups in total. The summed E-state index contributed by atoms with van der Waals surface area (Å²) in [5.41, 5.74) is 3.33. The Balaban J connectivity index is 1.53. The monoisotopic (exact) mass is 469 g/mol. The first kappa shape index (κ1) is 22.0. The normalized spacial score (nSPS) is 15.1. The number of ether oxygens (including phenoxy) is 1. The molecular formula is C23H20ClN3O4S. The molecule has 2 aromatic carbocycles. The quantitative estimate of drug-likeness (QED) is 0.541. The van der Waals surface area contributed by atoms with E-state index in [-0.39, 0.29) is 11.4 Å². The van der Waals surface area contributed by atoms with Gasteiger partial charge < -0.3 is 14.6 Å². The second-order valence-corrected chi connectivity index (χ2v) is 8.64. The molecule has 0 unspecified atom stereocenters. The number of nitrogens with one attached hydrogen (secondary N) is 1. The molecule has 1 fully saturated rings. The Morgan fingerprint density at radius 1 is 1.22 bits per heavy atom.